The van der Waals surface area contributed by atoms with Crippen molar-refractivity contribution < 1.29 is 18.8 Å². The number of nitrogens with zero attached hydrogens (tertiary/aromatic N) is 1. The molecule has 0 bridgehead atoms. The number of rotatable bonds is 2. The summed E-state index contributed by atoms with van der Waals surface area (Å²) in [6.45, 7) is 0. The molecule has 1 heterocycles. The molecular formula is C10H5BrFNO3. The van der Waals surface area contributed by atoms with Crippen molar-refractivity contribution >= 4 is 21.9 Å². The highest BCUT2D eigenvalue weighted by molar-refractivity contribution is 9.10. The zero-order valence-corrected chi connectivity index (χ0v) is 9.36. The average molecular weight is 286 g/mol. The van der Waals surface area contributed by atoms with E-state index in [-0.39, 0.29) is 17.0 Å². The van der Waals surface area contributed by atoms with Gasteiger partial charge in [0.1, 0.15) is 5.82 Å². The number of benzene rings is 1. The lowest BCUT2D eigenvalue weighted by molar-refractivity contribution is 0.0686. The largest absolute Gasteiger partial charge is 0.476 e. The molecule has 82 valence electrons. The Morgan fingerprint density at radius 1 is 1.44 bits per heavy atom. The van der Waals surface area contributed by atoms with E-state index in [2.05, 4.69) is 21.1 Å². The lowest BCUT2D eigenvalue weighted by Gasteiger charge is -1.97. The van der Waals surface area contributed by atoms with Gasteiger partial charge in [0.25, 0.3) is 0 Å². The van der Waals surface area contributed by atoms with Gasteiger partial charge in [-0.15, -0.1) is 0 Å². The molecule has 0 fully saturated rings. The first-order valence-electron chi connectivity index (χ1n) is 4.23. The molecule has 0 aliphatic heterocycles. The Balaban J connectivity index is 2.46. The van der Waals surface area contributed by atoms with E-state index >= 15 is 0 Å². The van der Waals surface area contributed by atoms with Gasteiger partial charge < -0.3 is 9.63 Å². The Bertz CT molecular complexity index is 553. The number of carbonyl (C=O) groups is 1. The van der Waals surface area contributed by atoms with Gasteiger partial charge in [0.05, 0.1) is 5.56 Å². The molecule has 0 spiro atoms. The summed E-state index contributed by atoms with van der Waals surface area (Å²) < 4.78 is 18.8. The molecule has 0 saturated heterocycles. The van der Waals surface area contributed by atoms with Crippen molar-refractivity contribution in [1.82, 2.24) is 5.16 Å². The molecule has 6 heteroatoms. The van der Waals surface area contributed by atoms with E-state index in [1.807, 2.05) is 0 Å². The second-order valence-corrected chi connectivity index (χ2v) is 3.92. The molecule has 0 unspecified atom stereocenters. The van der Waals surface area contributed by atoms with Crippen molar-refractivity contribution in [2.45, 2.75) is 0 Å². The summed E-state index contributed by atoms with van der Waals surface area (Å²) in [4.78, 5) is 10.6. The number of hydrogen-bond acceptors (Lipinski definition) is 3. The molecule has 0 saturated carbocycles. The van der Waals surface area contributed by atoms with Crippen LogP contribution in [0.25, 0.3) is 11.3 Å². The molecule has 2 aromatic rings. The van der Waals surface area contributed by atoms with Gasteiger partial charge in [0.15, 0.2) is 11.5 Å². The van der Waals surface area contributed by atoms with Crippen LogP contribution in [0.15, 0.2) is 33.3 Å². The van der Waals surface area contributed by atoms with Crippen LogP contribution in [-0.2, 0) is 0 Å². The highest BCUT2D eigenvalue weighted by Gasteiger charge is 2.14. The molecule has 1 N–H and O–H groups in total. The van der Waals surface area contributed by atoms with Crippen LogP contribution in [0.5, 0.6) is 0 Å². The van der Waals surface area contributed by atoms with Crippen molar-refractivity contribution in [2.75, 3.05) is 0 Å². The molecule has 1 aromatic carbocycles. The lowest BCUT2D eigenvalue weighted by Crippen LogP contribution is -1.94. The van der Waals surface area contributed by atoms with Crippen LogP contribution in [0.2, 0.25) is 0 Å². The number of carboxylic acid groups (broad SMARTS) is 1. The van der Waals surface area contributed by atoms with E-state index < -0.39 is 11.8 Å². The summed E-state index contributed by atoms with van der Waals surface area (Å²) in [7, 11) is 0. The Labute approximate surface area is 97.8 Å². The molecule has 0 amide bonds. The molecule has 0 aliphatic carbocycles. The van der Waals surface area contributed by atoms with E-state index in [4.69, 9.17) is 9.63 Å². The number of aromatic nitrogens is 1. The molecule has 2 rings (SSSR count). The minimum atomic E-state index is -1.22. The summed E-state index contributed by atoms with van der Waals surface area (Å²) in [5.41, 5.74) is -0.0829. The van der Waals surface area contributed by atoms with Crippen LogP contribution in [-0.4, -0.2) is 16.2 Å². The molecule has 4 nitrogen and oxygen atoms in total. The lowest BCUT2D eigenvalue weighted by atomic mass is 10.1. The molecule has 0 atom stereocenters. The molecular weight excluding hydrogens is 281 g/mol. The zero-order valence-electron chi connectivity index (χ0n) is 7.78. The molecule has 0 aliphatic rings. The van der Waals surface area contributed by atoms with Gasteiger partial charge in [-0.1, -0.05) is 21.1 Å². The van der Waals surface area contributed by atoms with Gasteiger partial charge in [-0.2, -0.15) is 0 Å². The van der Waals surface area contributed by atoms with E-state index in [0.717, 1.165) is 0 Å². The number of aromatic carboxylic acids is 1. The third-order valence-corrected chi connectivity index (χ3v) is 2.42. The fourth-order valence-electron chi connectivity index (χ4n) is 1.19. The minimum Gasteiger partial charge on any atom is -0.476 e. The number of hydrogen-bond donors (Lipinski definition) is 1. The summed E-state index contributed by atoms with van der Waals surface area (Å²) in [5, 5.41) is 11.9. The van der Waals surface area contributed by atoms with E-state index in [1.54, 1.807) is 6.07 Å². The van der Waals surface area contributed by atoms with Gasteiger partial charge in [-0.25, -0.2) is 9.18 Å². The normalized spacial score (nSPS) is 10.4. The summed E-state index contributed by atoms with van der Waals surface area (Å²) in [6.07, 6.45) is 0. The van der Waals surface area contributed by atoms with Gasteiger partial charge in [-0.3, -0.25) is 0 Å². The molecule has 1 aromatic heterocycles. The Kier molecular flexibility index (Phi) is 2.74. The first-order chi connectivity index (χ1) is 7.58. The van der Waals surface area contributed by atoms with Crippen LogP contribution in [0.3, 0.4) is 0 Å². The summed E-state index contributed by atoms with van der Waals surface area (Å²) in [6, 6.07) is 5.54. The number of carboxylic acids is 1. The molecule has 0 radical (unpaired) electrons. The summed E-state index contributed by atoms with van der Waals surface area (Å²) >= 11 is 3.12. The number of halogens is 2. The monoisotopic (exact) mass is 285 g/mol. The summed E-state index contributed by atoms with van der Waals surface area (Å²) in [5.74, 6) is -1.64. The van der Waals surface area contributed by atoms with Crippen LogP contribution in [0.4, 0.5) is 4.39 Å². The van der Waals surface area contributed by atoms with E-state index in [1.165, 1.54) is 18.2 Å². The highest BCUT2D eigenvalue weighted by atomic mass is 79.9. The second kappa shape index (κ2) is 4.05. The van der Waals surface area contributed by atoms with Crippen molar-refractivity contribution in [3.63, 3.8) is 0 Å². The zero-order chi connectivity index (χ0) is 11.7. The van der Waals surface area contributed by atoms with Crippen LogP contribution in [0.1, 0.15) is 10.5 Å². The first kappa shape index (κ1) is 10.8. The first-order valence-corrected chi connectivity index (χ1v) is 5.02. The van der Waals surface area contributed by atoms with Gasteiger partial charge in [0.2, 0.25) is 0 Å². The van der Waals surface area contributed by atoms with Crippen LogP contribution >= 0.6 is 15.9 Å². The molecule has 16 heavy (non-hydrogen) atoms. The quantitative estimate of drug-likeness (QED) is 0.921. The van der Waals surface area contributed by atoms with Crippen molar-refractivity contribution in [2.24, 2.45) is 0 Å². The maximum atomic E-state index is 13.5. The van der Waals surface area contributed by atoms with Crippen molar-refractivity contribution in [1.29, 1.82) is 0 Å². The second-order valence-electron chi connectivity index (χ2n) is 3.01. The maximum Gasteiger partial charge on any atom is 0.358 e. The Morgan fingerprint density at radius 2 is 2.19 bits per heavy atom. The van der Waals surface area contributed by atoms with E-state index in [0.29, 0.717) is 4.47 Å². The average Bonchev–Trinajstić information content (AvgIpc) is 2.66. The predicted molar refractivity (Wildman–Crippen MR) is 56.6 cm³/mol. The third-order valence-electron chi connectivity index (χ3n) is 1.93. The minimum absolute atomic E-state index is 0.0856. The fourth-order valence-corrected chi connectivity index (χ4v) is 1.53. The van der Waals surface area contributed by atoms with Gasteiger partial charge in [0, 0.05) is 10.5 Å². The Hall–Kier alpha value is -1.69. The van der Waals surface area contributed by atoms with Gasteiger partial charge >= 0.3 is 5.97 Å². The fraction of sp³-hybridized carbons (Fsp3) is 0. The van der Waals surface area contributed by atoms with Crippen molar-refractivity contribution in [3.05, 3.63) is 40.2 Å². The predicted octanol–water partition coefficient (Wildman–Crippen LogP) is 2.94. The standard InChI is InChI=1S/C10H5BrFNO3/c11-5-1-2-6(7(12)3-5)9-4-8(10(14)15)13-16-9/h1-4H,(H,14,15). The third kappa shape index (κ3) is 1.96. The maximum absolute atomic E-state index is 13.5. The van der Waals surface area contributed by atoms with E-state index in [9.17, 15) is 9.18 Å². The smallest absolute Gasteiger partial charge is 0.358 e. The highest BCUT2D eigenvalue weighted by Crippen LogP contribution is 2.26. The van der Waals surface area contributed by atoms with Gasteiger partial charge in [-0.05, 0) is 18.2 Å². The Morgan fingerprint density at radius 3 is 2.75 bits per heavy atom. The SMILES string of the molecule is O=C(O)c1cc(-c2ccc(Br)cc2F)on1. The van der Waals surface area contributed by atoms with Crippen molar-refractivity contribution in [3.8, 4) is 11.3 Å². The topological polar surface area (TPSA) is 63.3 Å². The van der Waals surface area contributed by atoms with Crippen LogP contribution in [0, 0.1) is 5.82 Å². The van der Waals surface area contributed by atoms with Crippen LogP contribution < -0.4 is 0 Å².